The Morgan fingerprint density at radius 1 is 1.26 bits per heavy atom. The van der Waals surface area contributed by atoms with Gasteiger partial charge in [-0.05, 0) is 30.7 Å². The number of pyridine rings is 1. The van der Waals surface area contributed by atoms with Gasteiger partial charge in [0.15, 0.2) is 0 Å². The van der Waals surface area contributed by atoms with Gasteiger partial charge < -0.3 is 10.2 Å². The van der Waals surface area contributed by atoms with E-state index in [0.717, 1.165) is 6.07 Å². The van der Waals surface area contributed by atoms with Crippen LogP contribution in [0.25, 0.3) is 0 Å². The molecule has 0 aliphatic carbocycles. The fraction of sp³-hybridized carbons (Fsp3) is 0.316. The number of likely N-dealkylation sites (tertiary alicyclic amines) is 1. The highest BCUT2D eigenvalue weighted by Gasteiger charge is 2.36. The molecule has 0 radical (unpaired) electrons. The summed E-state index contributed by atoms with van der Waals surface area (Å²) in [5, 5.41) is 2.76. The smallest absolute Gasteiger partial charge is 0.347 e. The van der Waals surface area contributed by atoms with Gasteiger partial charge in [0.05, 0.1) is 17.2 Å². The van der Waals surface area contributed by atoms with Crippen LogP contribution in [0.1, 0.15) is 33.6 Å². The maximum absolute atomic E-state index is 13.1. The molecule has 1 atom stereocenters. The largest absolute Gasteiger partial charge is 0.416 e. The van der Waals surface area contributed by atoms with E-state index >= 15 is 0 Å². The number of rotatable bonds is 4. The van der Waals surface area contributed by atoms with Crippen LogP contribution < -0.4 is 5.32 Å². The Morgan fingerprint density at radius 2 is 2.00 bits per heavy atom. The maximum Gasteiger partial charge on any atom is 0.416 e. The Bertz CT molecular complexity index is 867. The minimum Gasteiger partial charge on any atom is -0.347 e. The van der Waals surface area contributed by atoms with Crippen molar-refractivity contribution in [1.82, 2.24) is 15.2 Å². The Labute approximate surface area is 154 Å². The van der Waals surface area contributed by atoms with Gasteiger partial charge in [-0.3, -0.25) is 14.6 Å². The minimum atomic E-state index is -4.48. The predicted octanol–water partition coefficient (Wildman–Crippen LogP) is 2.94. The zero-order valence-electron chi connectivity index (χ0n) is 14.6. The van der Waals surface area contributed by atoms with E-state index in [2.05, 4.69) is 10.3 Å². The summed E-state index contributed by atoms with van der Waals surface area (Å²) in [4.78, 5) is 30.0. The van der Waals surface area contributed by atoms with Crippen molar-refractivity contribution in [3.8, 4) is 0 Å². The topological polar surface area (TPSA) is 62.3 Å². The second-order valence-electron chi connectivity index (χ2n) is 6.44. The molecule has 27 heavy (non-hydrogen) atoms. The average molecular weight is 377 g/mol. The predicted molar refractivity (Wildman–Crippen MR) is 91.7 cm³/mol. The van der Waals surface area contributed by atoms with E-state index in [0.29, 0.717) is 11.3 Å². The average Bonchev–Trinajstić information content (AvgIpc) is 2.94. The summed E-state index contributed by atoms with van der Waals surface area (Å²) in [7, 11) is 0. The summed E-state index contributed by atoms with van der Waals surface area (Å²) in [5.41, 5.74) is 0.255. The number of nitrogens with zero attached hydrogens (tertiary/aromatic N) is 2. The van der Waals surface area contributed by atoms with Crippen molar-refractivity contribution in [1.29, 1.82) is 0 Å². The van der Waals surface area contributed by atoms with Crippen LogP contribution in [0.5, 0.6) is 0 Å². The first-order chi connectivity index (χ1) is 12.8. The molecule has 1 aromatic carbocycles. The number of hydrogen-bond acceptors (Lipinski definition) is 3. The number of benzene rings is 1. The third-order valence-electron chi connectivity index (χ3n) is 4.49. The SMILES string of the molecule is Cc1ncccc1C(=O)NC1CC(=O)N(Cc2ccccc2C(F)(F)F)C1. The first-order valence-corrected chi connectivity index (χ1v) is 8.41. The number of amides is 2. The molecule has 1 aromatic heterocycles. The molecule has 5 nitrogen and oxygen atoms in total. The lowest BCUT2D eigenvalue weighted by atomic mass is 10.1. The van der Waals surface area contributed by atoms with Crippen LogP contribution in [-0.2, 0) is 17.5 Å². The highest BCUT2D eigenvalue weighted by atomic mass is 19.4. The van der Waals surface area contributed by atoms with E-state index in [9.17, 15) is 22.8 Å². The van der Waals surface area contributed by atoms with Gasteiger partial charge in [0, 0.05) is 31.4 Å². The molecule has 1 aliphatic rings. The van der Waals surface area contributed by atoms with Crippen molar-refractivity contribution in [2.75, 3.05) is 6.54 Å². The summed E-state index contributed by atoms with van der Waals surface area (Å²) in [6, 6.07) is 8.00. The highest BCUT2D eigenvalue weighted by Crippen LogP contribution is 2.32. The first kappa shape index (κ1) is 18.9. The van der Waals surface area contributed by atoms with Gasteiger partial charge >= 0.3 is 6.18 Å². The number of carbonyl (C=O) groups is 2. The van der Waals surface area contributed by atoms with Crippen LogP contribution >= 0.6 is 0 Å². The van der Waals surface area contributed by atoms with Gasteiger partial charge in [-0.15, -0.1) is 0 Å². The minimum absolute atomic E-state index is 0.0356. The molecule has 1 fully saturated rings. The molecule has 8 heteroatoms. The molecule has 0 saturated carbocycles. The Kier molecular flexibility index (Phi) is 5.16. The zero-order valence-corrected chi connectivity index (χ0v) is 14.6. The lowest BCUT2D eigenvalue weighted by Gasteiger charge is -2.20. The highest BCUT2D eigenvalue weighted by molar-refractivity contribution is 5.96. The lowest BCUT2D eigenvalue weighted by Crippen LogP contribution is -2.37. The summed E-state index contributed by atoms with van der Waals surface area (Å²) in [6.07, 6.45) is -2.85. The van der Waals surface area contributed by atoms with E-state index in [-0.39, 0.29) is 36.9 Å². The molecular weight excluding hydrogens is 359 g/mol. The molecule has 1 N–H and O–H groups in total. The van der Waals surface area contributed by atoms with Crippen LogP contribution in [0.4, 0.5) is 13.2 Å². The molecule has 0 bridgehead atoms. The van der Waals surface area contributed by atoms with Gasteiger partial charge in [0.2, 0.25) is 5.91 Å². The number of alkyl halides is 3. The van der Waals surface area contributed by atoms with Crippen molar-refractivity contribution < 1.29 is 22.8 Å². The standard InChI is InChI=1S/C19H18F3N3O2/c1-12-15(6-4-8-23-12)18(27)24-14-9-17(26)25(11-14)10-13-5-2-3-7-16(13)19(20,21)22/h2-8,14H,9-11H2,1H3,(H,24,27). The number of carbonyl (C=O) groups excluding carboxylic acids is 2. The number of nitrogens with one attached hydrogen (secondary N) is 1. The Morgan fingerprint density at radius 3 is 2.70 bits per heavy atom. The number of aryl methyl sites for hydroxylation is 1. The monoisotopic (exact) mass is 377 g/mol. The molecule has 1 saturated heterocycles. The third kappa shape index (κ3) is 4.27. The molecule has 2 heterocycles. The zero-order chi connectivity index (χ0) is 19.6. The molecule has 1 unspecified atom stereocenters. The van der Waals surface area contributed by atoms with E-state index in [4.69, 9.17) is 0 Å². The molecule has 1 aliphatic heterocycles. The molecule has 3 rings (SSSR count). The summed E-state index contributed by atoms with van der Waals surface area (Å²) in [5.74, 6) is -0.642. The molecule has 142 valence electrons. The van der Waals surface area contributed by atoms with Gasteiger partial charge in [0.25, 0.3) is 5.91 Å². The van der Waals surface area contributed by atoms with Crippen molar-refractivity contribution in [3.63, 3.8) is 0 Å². The molecular formula is C19H18F3N3O2. The van der Waals surface area contributed by atoms with E-state index < -0.39 is 17.8 Å². The number of halogens is 3. The van der Waals surface area contributed by atoms with Gasteiger partial charge in [-0.25, -0.2) is 0 Å². The lowest BCUT2D eigenvalue weighted by molar-refractivity contribution is -0.139. The van der Waals surface area contributed by atoms with Crippen molar-refractivity contribution in [3.05, 3.63) is 65.0 Å². The molecule has 2 aromatic rings. The molecule has 0 spiro atoms. The van der Waals surface area contributed by atoms with E-state index in [1.165, 1.54) is 23.1 Å². The Hall–Kier alpha value is -2.90. The second-order valence-corrected chi connectivity index (χ2v) is 6.44. The summed E-state index contributed by atoms with van der Waals surface area (Å²) in [6.45, 7) is 1.72. The second kappa shape index (κ2) is 7.38. The fourth-order valence-electron chi connectivity index (χ4n) is 3.15. The van der Waals surface area contributed by atoms with E-state index in [1.807, 2.05) is 0 Å². The van der Waals surface area contributed by atoms with Crippen LogP contribution in [0.2, 0.25) is 0 Å². The van der Waals surface area contributed by atoms with Gasteiger partial charge in [-0.1, -0.05) is 18.2 Å². The quantitative estimate of drug-likeness (QED) is 0.891. The number of aromatic nitrogens is 1. The summed E-state index contributed by atoms with van der Waals surface area (Å²) < 4.78 is 39.4. The normalized spacial score (nSPS) is 17.3. The first-order valence-electron chi connectivity index (χ1n) is 8.41. The molecule has 2 amide bonds. The summed E-state index contributed by atoms with van der Waals surface area (Å²) >= 11 is 0. The Balaban J connectivity index is 1.68. The maximum atomic E-state index is 13.1. The van der Waals surface area contributed by atoms with Gasteiger partial charge in [0.1, 0.15) is 0 Å². The van der Waals surface area contributed by atoms with Crippen LogP contribution in [0.15, 0.2) is 42.6 Å². The van der Waals surface area contributed by atoms with Crippen molar-refractivity contribution in [2.45, 2.75) is 32.1 Å². The third-order valence-corrected chi connectivity index (χ3v) is 4.49. The fourth-order valence-corrected chi connectivity index (χ4v) is 3.15. The van der Waals surface area contributed by atoms with Crippen molar-refractivity contribution >= 4 is 11.8 Å². The van der Waals surface area contributed by atoms with Crippen molar-refractivity contribution in [2.24, 2.45) is 0 Å². The van der Waals surface area contributed by atoms with E-state index in [1.54, 1.807) is 25.3 Å². The van der Waals surface area contributed by atoms with Crippen LogP contribution in [0, 0.1) is 6.92 Å². The van der Waals surface area contributed by atoms with Gasteiger partial charge in [-0.2, -0.15) is 13.2 Å². The van der Waals surface area contributed by atoms with Crippen LogP contribution in [-0.4, -0.2) is 34.3 Å². The van der Waals surface area contributed by atoms with Crippen LogP contribution in [0.3, 0.4) is 0 Å². The number of hydrogen-bond donors (Lipinski definition) is 1.